The van der Waals surface area contributed by atoms with Crippen LogP contribution >= 0.6 is 0 Å². The summed E-state index contributed by atoms with van der Waals surface area (Å²) in [6.45, 7) is 1.26. The van der Waals surface area contributed by atoms with Crippen LogP contribution in [0.2, 0.25) is 0 Å². The Morgan fingerprint density at radius 3 is 2.00 bits per heavy atom. The van der Waals surface area contributed by atoms with Crippen LogP contribution in [0.25, 0.3) is 10.8 Å². The van der Waals surface area contributed by atoms with Gasteiger partial charge in [-0.05, 0) is 25.1 Å². The first-order valence-corrected chi connectivity index (χ1v) is 8.78. The largest absolute Gasteiger partial charge is 0.507 e. The number of phenols is 1. The lowest BCUT2D eigenvalue weighted by atomic mass is 10.0. The summed E-state index contributed by atoms with van der Waals surface area (Å²) in [6, 6.07) is 3.27. The summed E-state index contributed by atoms with van der Waals surface area (Å²) in [5.41, 5.74) is 0.184. The van der Waals surface area contributed by atoms with E-state index in [1.807, 2.05) is 0 Å². The van der Waals surface area contributed by atoms with Crippen molar-refractivity contribution in [3.63, 3.8) is 0 Å². The molecule has 0 atom stereocenters. The lowest BCUT2D eigenvalue weighted by Crippen LogP contribution is -2.05. The molecule has 0 fully saturated rings. The van der Waals surface area contributed by atoms with Crippen molar-refractivity contribution >= 4 is 36.7 Å². The van der Waals surface area contributed by atoms with Gasteiger partial charge in [-0.25, -0.2) is 0 Å². The highest BCUT2D eigenvalue weighted by Crippen LogP contribution is 2.40. The lowest BCUT2D eigenvalue weighted by molar-refractivity contribution is 0.466. The maximum atomic E-state index is 11.4. The van der Waals surface area contributed by atoms with E-state index in [0.717, 1.165) is 12.1 Å². The van der Waals surface area contributed by atoms with Crippen LogP contribution in [0.5, 0.6) is 5.75 Å². The maximum absolute atomic E-state index is 11.4. The molecule has 0 aliphatic carbocycles. The van der Waals surface area contributed by atoms with Crippen molar-refractivity contribution in [1.82, 2.24) is 0 Å². The van der Waals surface area contributed by atoms with E-state index in [-0.39, 0.29) is 16.3 Å². The van der Waals surface area contributed by atoms with Gasteiger partial charge in [0.25, 0.3) is 20.2 Å². The quantitative estimate of drug-likeness (QED) is 0.610. The average Bonchev–Trinajstić information content (AvgIpc) is 2.38. The predicted molar refractivity (Wildman–Crippen MR) is 79.5 cm³/mol. The van der Waals surface area contributed by atoms with Crippen molar-refractivity contribution in [3.05, 3.63) is 23.8 Å². The molecule has 0 spiro atoms. The van der Waals surface area contributed by atoms with Gasteiger partial charge >= 0.3 is 0 Å². The van der Waals surface area contributed by atoms with Crippen LogP contribution < -0.4 is 5.32 Å². The first-order chi connectivity index (χ1) is 9.98. The number of aromatic hydroxyl groups is 1. The molecule has 0 aliphatic rings. The Kier molecular flexibility index (Phi) is 3.81. The Labute approximate surface area is 126 Å². The second kappa shape index (κ2) is 5.09. The van der Waals surface area contributed by atoms with Gasteiger partial charge in [0.05, 0.1) is 0 Å². The molecule has 0 heterocycles. The third-order valence-corrected chi connectivity index (χ3v) is 5.16. The Morgan fingerprint density at radius 1 is 1.00 bits per heavy atom. The Morgan fingerprint density at radius 2 is 1.55 bits per heavy atom. The topological polar surface area (TPSA) is 141 Å². The standard InChI is InChI=1S/C12H13NO7S2/c1-6-10(22(18,19)20)5-7-9(21(15,16)17)4-3-8(13-2)11(7)12(6)14/h3-5,13-14H,1-2H3,(H,15,16,17)(H,18,19,20). The monoisotopic (exact) mass is 347 g/mol. The van der Waals surface area contributed by atoms with Gasteiger partial charge in [-0.2, -0.15) is 16.8 Å². The van der Waals surface area contributed by atoms with Crippen molar-refractivity contribution in [2.24, 2.45) is 0 Å². The number of hydrogen-bond donors (Lipinski definition) is 4. The number of hydrogen-bond acceptors (Lipinski definition) is 6. The van der Waals surface area contributed by atoms with Gasteiger partial charge in [0.15, 0.2) is 0 Å². The van der Waals surface area contributed by atoms with E-state index in [4.69, 9.17) is 0 Å². The highest BCUT2D eigenvalue weighted by molar-refractivity contribution is 7.86. The van der Waals surface area contributed by atoms with Crippen LogP contribution in [0.4, 0.5) is 5.69 Å². The van der Waals surface area contributed by atoms with E-state index in [1.54, 1.807) is 0 Å². The van der Waals surface area contributed by atoms with Gasteiger partial charge in [0.2, 0.25) is 0 Å². The smallest absolute Gasteiger partial charge is 0.295 e. The third-order valence-electron chi connectivity index (χ3n) is 3.27. The fourth-order valence-corrected chi connectivity index (χ4v) is 3.67. The molecule has 0 unspecified atom stereocenters. The van der Waals surface area contributed by atoms with E-state index in [0.29, 0.717) is 5.69 Å². The van der Waals surface area contributed by atoms with Gasteiger partial charge in [0, 0.05) is 29.1 Å². The molecular formula is C12H13NO7S2. The zero-order chi connectivity index (χ0) is 16.9. The fourth-order valence-electron chi connectivity index (χ4n) is 2.24. The summed E-state index contributed by atoms with van der Waals surface area (Å²) in [7, 11) is -7.83. The minimum atomic E-state index is -4.69. The molecule has 0 amide bonds. The highest BCUT2D eigenvalue weighted by atomic mass is 32.2. The molecule has 22 heavy (non-hydrogen) atoms. The van der Waals surface area contributed by atoms with Crippen LogP contribution in [-0.2, 0) is 20.2 Å². The Balaban J connectivity index is 3.16. The number of rotatable bonds is 3. The highest BCUT2D eigenvalue weighted by Gasteiger charge is 2.24. The van der Waals surface area contributed by atoms with Crippen LogP contribution in [-0.4, -0.2) is 38.1 Å². The van der Waals surface area contributed by atoms with Crippen molar-refractivity contribution in [1.29, 1.82) is 0 Å². The lowest BCUT2D eigenvalue weighted by Gasteiger charge is -2.14. The van der Waals surface area contributed by atoms with Crippen LogP contribution in [0.15, 0.2) is 28.0 Å². The third kappa shape index (κ3) is 2.61. The average molecular weight is 347 g/mol. The first kappa shape index (κ1) is 16.5. The molecule has 8 nitrogen and oxygen atoms in total. The molecule has 4 N–H and O–H groups in total. The van der Waals surface area contributed by atoms with Crippen molar-refractivity contribution in [2.75, 3.05) is 12.4 Å². The predicted octanol–water partition coefficient (Wildman–Crippen LogP) is 1.39. The summed E-state index contributed by atoms with van der Waals surface area (Å²) in [5, 5.41) is 12.7. The summed E-state index contributed by atoms with van der Waals surface area (Å²) < 4.78 is 64.1. The van der Waals surface area contributed by atoms with Gasteiger partial charge in [-0.3, -0.25) is 9.11 Å². The minimum absolute atomic E-state index is 0.0162. The van der Waals surface area contributed by atoms with Gasteiger partial charge in [-0.1, -0.05) is 0 Å². The number of nitrogens with one attached hydrogen (secondary N) is 1. The van der Waals surface area contributed by atoms with E-state index in [2.05, 4.69) is 5.32 Å². The molecule has 0 saturated heterocycles. The number of anilines is 1. The van der Waals surface area contributed by atoms with E-state index in [1.165, 1.54) is 20.0 Å². The summed E-state index contributed by atoms with van der Waals surface area (Å²) >= 11 is 0. The van der Waals surface area contributed by atoms with E-state index >= 15 is 0 Å². The molecular weight excluding hydrogens is 334 g/mol. The summed E-state index contributed by atoms with van der Waals surface area (Å²) in [4.78, 5) is -1.22. The van der Waals surface area contributed by atoms with Gasteiger partial charge in [-0.15, -0.1) is 0 Å². The van der Waals surface area contributed by atoms with Gasteiger partial charge < -0.3 is 10.4 Å². The molecule has 120 valence electrons. The zero-order valence-electron chi connectivity index (χ0n) is 11.5. The van der Waals surface area contributed by atoms with Crippen molar-refractivity contribution in [3.8, 4) is 5.75 Å². The fraction of sp³-hybridized carbons (Fsp3) is 0.167. The molecule has 0 aromatic heterocycles. The molecule has 0 aliphatic heterocycles. The second-order valence-corrected chi connectivity index (χ2v) is 7.36. The number of phenolic OH excluding ortho intramolecular Hbond substituents is 1. The second-order valence-electron chi connectivity index (χ2n) is 4.58. The molecule has 2 aromatic rings. The normalized spacial score (nSPS) is 12.5. The van der Waals surface area contributed by atoms with Crippen LogP contribution in [0.3, 0.4) is 0 Å². The van der Waals surface area contributed by atoms with E-state index in [9.17, 15) is 31.0 Å². The summed E-state index contributed by atoms with van der Waals surface area (Å²) in [6.07, 6.45) is 0. The van der Waals surface area contributed by atoms with E-state index < -0.39 is 35.8 Å². The first-order valence-electron chi connectivity index (χ1n) is 5.90. The Bertz CT molecular complexity index is 978. The van der Waals surface area contributed by atoms with Gasteiger partial charge in [0.1, 0.15) is 15.5 Å². The molecule has 2 rings (SSSR count). The molecule has 0 bridgehead atoms. The SMILES string of the molecule is CNc1ccc(S(=O)(=O)O)c2cc(S(=O)(=O)O)c(C)c(O)c12. The summed E-state index contributed by atoms with van der Waals surface area (Å²) in [5.74, 6) is -0.514. The van der Waals surface area contributed by atoms with Crippen molar-refractivity contribution < 1.29 is 31.0 Å². The molecule has 2 aromatic carbocycles. The maximum Gasteiger partial charge on any atom is 0.295 e. The number of benzene rings is 2. The molecule has 10 heteroatoms. The minimum Gasteiger partial charge on any atom is -0.507 e. The van der Waals surface area contributed by atoms with Crippen LogP contribution in [0, 0.1) is 6.92 Å². The number of fused-ring (bicyclic) bond motifs is 1. The molecule has 0 saturated carbocycles. The zero-order valence-corrected chi connectivity index (χ0v) is 13.2. The Hall–Kier alpha value is -1.88. The van der Waals surface area contributed by atoms with Crippen LogP contribution in [0.1, 0.15) is 5.56 Å². The molecule has 0 radical (unpaired) electrons. The van der Waals surface area contributed by atoms with Crippen molar-refractivity contribution in [2.45, 2.75) is 16.7 Å².